The molecule has 0 aliphatic rings. The predicted molar refractivity (Wildman–Crippen MR) is 49.9 cm³/mol. The van der Waals surface area contributed by atoms with Gasteiger partial charge in [0, 0.05) is 0 Å². The predicted octanol–water partition coefficient (Wildman–Crippen LogP) is 2.56. The second-order valence-electron chi connectivity index (χ2n) is 2.24. The summed E-state index contributed by atoms with van der Waals surface area (Å²) in [6, 6.07) is 8.71. The molecule has 0 radical (unpaired) electrons. The molecule has 0 heterocycles. The van der Waals surface area contributed by atoms with Crippen LogP contribution < -0.4 is 0 Å². The van der Waals surface area contributed by atoms with Crippen LogP contribution in [0.4, 0.5) is 0 Å². The van der Waals surface area contributed by atoms with Gasteiger partial charge in [0.05, 0.1) is 12.9 Å². The van der Waals surface area contributed by atoms with Crippen molar-refractivity contribution in [3.05, 3.63) is 42.7 Å². The molecule has 0 aliphatic carbocycles. The number of rotatable bonds is 1. The zero-order valence-corrected chi connectivity index (χ0v) is 7.45. The molecule has 0 atom stereocenters. The molecule has 1 aromatic carbocycles. The molecule has 0 aliphatic heterocycles. The van der Waals surface area contributed by atoms with E-state index in [1.165, 1.54) is 0 Å². The van der Waals surface area contributed by atoms with Gasteiger partial charge in [-0.1, -0.05) is 24.8 Å². The number of para-hydroxylation sites is 1. The van der Waals surface area contributed by atoms with E-state index in [1.54, 1.807) is 38.3 Å². The van der Waals surface area contributed by atoms with E-state index in [4.69, 9.17) is 5.11 Å². The molecule has 0 fully saturated rings. The first-order chi connectivity index (χ1) is 5.66. The van der Waals surface area contributed by atoms with E-state index < -0.39 is 0 Å². The summed E-state index contributed by atoms with van der Waals surface area (Å²) in [5, 5.41) is 8.63. The molecule has 0 unspecified atom stereocenters. The fraction of sp³-hybridized carbons (Fsp3) is 0.200. The number of ether oxygens (including phenoxy) is 1. The normalized spacial score (nSPS) is 7.83. The lowest BCUT2D eigenvalue weighted by molar-refractivity contribution is 0.295. The maximum atomic E-state index is 8.63. The largest absolute Gasteiger partial charge is 0.508 e. The summed E-state index contributed by atoms with van der Waals surface area (Å²) in [6.45, 7) is 5.26. The number of hydrogen-bond donors (Lipinski definition) is 1. The van der Waals surface area contributed by atoms with Crippen molar-refractivity contribution in [2.24, 2.45) is 0 Å². The summed E-state index contributed by atoms with van der Waals surface area (Å²) in [4.78, 5) is 0. The van der Waals surface area contributed by atoms with Gasteiger partial charge in [-0.2, -0.15) is 0 Å². The number of aromatic hydroxyl groups is 1. The van der Waals surface area contributed by atoms with Crippen LogP contribution >= 0.6 is 0 Å². The SMILES string of the molecule is C=C(C)OC.Oc1ccccc1. The average molecular weight is 166 g/mol. The fourth-order valence-corrected chi connectivity index (χ4v) is 0.428. The molecule has 0 amide bonds. The Balaban J connectivity index is 0.000000217. The average Bonchev–Trinajstić information content (AvgIpc) is 2.07. The fourth-order valence-electron chi connectivity index (χ4n) is 0.428. The van der Waals surface area contributed by atoms with E-state index in [0.29, 0.717) is 5.75 Å². The van der Waals surface area contributed by atoms with Gasteiger partial charge in [0.25, 0.3) is 0 Å². The third-order valence-corrected chi connectivity index (χ3v) is 1.10. The highest BCUT2D eigenvalue weighted by Gasteiger charge is 1.74. The Morgan fingerprint density at radius 3 is 1.92 bits per heavy atom. The van der Waals surface area contributed by atoms with E-state index in [2.05, 4.69) is 11.3 Å². The minimum atomic E-state index is 0.322. The number of methoxy groups -OCH3 is 1. The minimum absolute atomic E-state index is 0.322. The Morgan fingerprint density at radius 2 is 1.75 bits per heavy atom. The van der Waals surface area contributed by atoms with Gasteiger partial charge in [0.2, 0.25) is 0 Å². The van der Waals surface area contributed by atoms with E-state index in [-0.39, 0.29) is 0 Å². The van der Waals surface area contributed by atoms with Crippen molar-refractivity contribution in [3.8, 4) is 5.75 Å². The summed E-state index contributed by atoms with van der Waals surface area (Å²) < 4.78 is 4.56. The molecule has 0 aromatic heterocycles. The molecule has 0 spiro atoms. The first kappa shape index (κ1) is 10.6. The Bertz CT molecular complexity index is 217. The Hall–Kier alpha value is -1.44. The highest BCUT2D eigenvalue weighted by molar-refractivity contribution is 5.18. The van der Waals surface area contributed by atoms with Crippen molar-refractivity contribution in [3.63, 3.8) is 0 Å². The lowest BCUT2D eigenvalue weighted by atomic mass is 10.3. The van der Waals surface area contributed by atoms with Gasteiger partial charge in [-0.25, -0.2) is 0 Å². The number of phenolic OH excluding ortho intramolecular Hbond substituents is 1. The lowest BCUT2D eigenvalue weighted by Crippen LogP contribution is -1.70. The van der Waals surface area contributed by atoms with Crippen molar-refractivity contribution in [1.82, 2.24) is 0 Å². The number of phenols is 1. The third kappa shape index (κ3) is 6.68. The van der Waals surface area contributed by atoms with Crippen LogP contribution in [0.3, 0.4) is 0 Å². The van der Waals surface area contributed by atoms with E-state index >= 15 is 0 Å². The van der Waals surface area contributed by atoms with Crippen LogP contribution in [0.1, 0.15) is 6.92 Å². The summed E-state index contributed by atoms with van der Waals surface area (Å²) >= 11 is 0. The van der Waals surface area contributed by atoms with Gasteiger partial charge < -0.3 is 9.84 Å². The van der Waals surface area contributed by atoms with Crippen LogP contribution in [-0.4, -0.2) is 12.2 Å². The van der Waals surface area contributed by atoms with Crippen LogP contribution in [0.25, 0.3) is 0 Å². The zero-order chi connectivity index (χ0) is 9.40. The van der Waals surface area contributed by atoms with Crippen LogP contribution in [0.15, 0.2) is 42.7 Å². The Kier molecular flexibility index (Phi) is 5.53. The highest BCUT2D eigenvalue weighted by Crippen LogP contribution is 2.02. The molecule has 0 saturated heterocycles. The molecule has 1 N–H and O–H groups in total. The first-order valence-corrected chi connectivity index (χ1v) is 3.60. The molecular formula is C10H14O2. The Labute approximate surface area is 73.1 Å². The zero-order valence-electron chi connectivity index (χ0n) is 7.45. The maximum Gasteiger partial charge on any atom is 0.115 e. The van der Waals surface area contributed by atoms with Crippen molar-refractivity contribution < 1.29 is 9.84 Å². The molecule has 1 rings (SSSR count). The summed E-state index contributed by atoms with van der Waals surface area (Å²) in [7, 11) is 1.60. The summed E-state index contributed by atoms with van der Waals surface area (Å²) in [5.74, 6) is 1.08. The van der Waals surface area contributed by atoms with Crippen LogP contribution in [0, 0.1) is 0 Å². The molecule has 1 aromatic rings. The van der Waals surface area contributed by atoms with Gasteiger partial charge in [-0.05, 0) is 19.1 Å². The van der Waals surface area contributed by atoms with E-state index in [0.717, 1.165) is 5.76 Å². The van der Waals surface area contributed by atoms with Gasteiger partial charge in [0.1, 0.15) is 5.75 Å². The summed E-state index contributed by atoms with van der Waals surface area (Å²) in [6.07, 6.45) is 0. The van der Waals surface area contributed by atoms with Gasteiger partial charge in [0.15, 0.2) is 0 Å². The van der Waals surface area contributed by atoms with Gasteiger partial charge >= 0.3 is 0 Å². The maximum absolute atomic E-state index is 8.63. The molecule has 2 heteroatoms. The van der Waals surface area contributed by atoms with Crippen LogP contribution in [0.2, 0.25) is 0 Å². The first-order valence-electron chi connectivity index (χ1n) is 3.60. The van der Waals surface area contributed by atoms with Crippen molar-refractivity contribution in [1.29, 1.82) is 0 Å². The number of benzene rings is 1. The van der Waals surface area contributed by atoms with E-state index in [1.807, 2.05) is 6.07 Å². The molecular weight excluding hydrogens is 152 g/mol. The van der Waals surface area contributed by atoms with Crippen LogP contribution in [0.5, 0.6) is 5.75 Å². The third-order valence-electron chi connectivity index (χ3n) is 1.10. The topological polar surface area (TPSA) is 29.5 Å². The monoisotopic (exact) mass is 166 g/mol. The van der Waals surface area contributed by atoms with Gasteiger partial charge in [-0.15, -0.1) is 0 Å². The number of allylic oxidation sites excluding steroid dienone is 1. The molecule has 66 valence electrons. The smallest absolute Gasteiger partial charge is 0.115 e. The van der Waals surface area contributed by atoms with Crippen molar-refractivity contribution in [2.75, 3.05) is 7.11 Å². The quantitative estimate of drug-likeness (QED) is 0.650. The molecule has 0 saturated carbocycles. The Morgan fingerprint density at radius 1 is 1.33 bits per heavy atom. The lowest BCUT2D eigenvalue weighted by Gasteiger charge is -1.88. The second kappa shape index (κ2) is 6.28. The molecule has 2 nitrogen and oxygen atoms in total. The standard InChI is InChI=1S/C6H6O.C4H8O/c7-6-4-2-1-3-5-6;1-4(2)5-3/h1-5,7H;1H2,2-3H3. The number of hydrogen-bond acceptors (Lipinski definition) is 2. The van der Waals surface area contributed by atoms with Crippen LogP contribution in [-0.2, 0) is 4.74 Å². The molecule has 12 heavy (non-hydrogen) atoms. The highest BCUT2D eigenvalue weighted by atomic mass is 16.5. The van der Waals surface area contributed by atoms with Crippen molar-refractivity contribution >= 4 is 0 Å². The molecule has 0 bridgehead atoms. The van der Waals surface area contributed by atoms with Crippen molar-refractivity contribution in [2.45, 2.75) is 6.92 Å². The van der Waals surface area contributed by atoms with E-state index in [9.17, 15) is 0 Å². The minimum Gasteiger partial charge on any atom is -0.508 e. The second-order valence-corrected chi connectivity index (χ2v) is 2.24. The summed E-state index contributed by atoms with van der Waals surface area (Å²) in [5.41, 5.74) is 0. The van der Waals surface area contributed by atoms with Gasteiger partial charge in [-0.3, -0.25) is 0 Å².